The first-order chi connectivity index (χ1) is 34.0. The van der Waals surface area contributed by atoms with Crippen LogP contribution < -0.4 is 25.5 Å². The van der Waals surface area contributed by atoms with Gasteiger partial charge in [0, 0.05) is 49.1 Å². The van der Waals surface area contributed by atoms with Crippen LogP contribution in [-0.2, 0) is 38.2 Å². The maximum absolute atomic E-state index is 16.1. The van der Waals surface area contributed by atoms with Crippen molar-refractivity contribution >= 4 is 13.7 Å². The Balaban J connectivity index is 1.49. The van der Waals surface area contributed by atoms with Crippen LogP contribution in [0.4, 0.5) is 0 Å². The third-order valence-electron chi connectivity index (χ3n) is 12.3. The molecule has 0 aliphatic carbocycles. The van der Waals surface area contributed by atoms with Crippen molar-refractivity contribution in [1.82, 2.24) is 19.1 Å². The zero-order valence-corrected chi connectivity index (χ0v) is 43.5. The summed E-state index contributed by atoms with van der Waals surface area (Å²) in [7, 11) is 1.83. The molecule has 18 heteroatoms. The van der Waals surface area contributed by atoms with E-state index < -0.39 is 49.1 Å². The number of amides is 1. The molecule has 0 spiro atoms. The molecule has 1 aliphatic rings. The summed E-state index contributed by atoms with van der Waals surface area (Å²) in [5, 5.41) is 0. The summed E-state index contributed by atoms with van der Waals surface area (Å²) in [5.74, 6) is 1.63. The molecule has 17 nitrogen and oxygen atoms in total. The lowest BCUT2D eigenvalue weighted by Gasteiger charge is -2.40. The molecule has 1 amide bonds. The second-order valence-corrected chi connectivity index (χ2v) is 19.8. The lowest BCUT2D eigenvalue weighted by molar-refractivity contribution is -0.0993. The summed E-state index contributed by atoms with van der Waals surface area (Å²) in [5.41, 5.74) is 0.264. The van der Waals surface area contributed by atoms with E-state index in [4.69, 9.17) is 42.2 Å². The summed E-state index contributed by atoms with van der Waals surface area (Å²) in [4.78, 5) is 44.5. The van der Waals surface area contributed by atoms with Crippen LogP contribution in [0, 0.1) is 6.92 Å². The molecule has 0 radical (unpaired) electrons. The van der Waals surface area contributed by atoms with Gasteiger partial charge < -0.3 is 38.1 Å². The van der Waals surface area contributed by atoms with Gasteiger partial charge >= 0.3 is 13.4 Å². The Kier molecular flexibility index (Phi) is 19.0. The second kappa shape index (κ2) is 24.7. The van der Waals surface area contributed by atoms with E-state index in [0.717, 1.165) is 16.7 Å². The van der Waals surface area contributed by atoms with Gasteiger partial charge in [0.05, 0.1) is 47.8 Å². The number of aryl methyl sites for hydroxylation is 1. The standard InChI is InChI=1S/C53H69N4O13P/c1-35(2)55(50(59)39-17-23-43(63-9)24-18-39)29-30-68-71(61,57(36(3)4)37(5)6)70-47-46(69-51(48(47)66-32-31-62-8)56-33-38(7)49(58)54-52(56)60)34-67-53(40-15-13-12-14-16-40,41-19-25-44(64-10)26-20-41)42-21-27-45(65-11)28-22-42/h12-28,33,35-37,46-48,51H,29-32,34H2,1-11H3,(H,54,58,60)/t46-,47-,48-,51-,71?/m1/s1. The van der Waals surface area contributed by atoms with Crippen molar-refractivity contribution in [3.63, 3.8) is 0 Å². The van der Waals surface area contributed by atoms with Crippen molar-refractivity contribution < 1.29 is 51.6 Å². The van der Waals surface area contributed by atoms with Gasteiger partial charge in [-0.3, -0.25) is 28.2 Å². The van der Waals surface area contributed by atoms with E-state index in [1.165, 1.54) is 17.9 Å². The molecule has 1 fully saturated rings. The van der Waals surface area contributed by atoms with Gasteiger partial charge in [-0.2, -0.15) is 0 Å². The van der Waals surface area contributed by atoms with Crippen LogP contribution >= 0.6 is 7.75 Å². The predicted octanol–water partition coefficient (Wildman–Crippen LogP) is 7.99. The van der Waals surface area contributed by atoms with Crippen LogP contribution in [0.3, 0.4) is 0 Å². The Hall–Kier alpha value is -5.62. The smallest absolute Gasteiger partial charge is 0.409 e. The molecular formula is C53H69N4O13P. The minimum atomic E-state index is -4.45. The predicted molar refractivity (Wildman–Crippen MR) is 270 cm³/mol. The highest BCUT2D eigenvalue weighted by atomic mass is 31.2. The molecule has 1 aliphatic heterocycles. The third kappa shape index (κ3) is 12.5. The average molecular weight is 1000 g/mol. The molecule has 5 atom stereocenters. The lowest BCUT2D eigenvalue weighted by Crippen LogP contribution is -2.45. The highest BCUT2D eigenvalue weighted by molar-refractivity contribution is 7.51. The molecule has 5 aromatic rings. The van der Waals surface area contributed by atoms with Crippen LogP contribution in [0.5, 0.6) is 17.2 Å². The van der Waals surface area contributed by atoms with Crippen LogP contribution in [0.15, 0.2) is 119 Å². The summed E-state index contributed by atoms with van der Waals surface area (Å²) in [6.45, 7) is 12.7. The van der Waals surface area contributed by atoms with Gasteiger partial charge in [-0.15, -0.1) is 0 Å². The Morgan fingerprint density at radius 2 is 1.25 bits per heavy atom. The maximum atomic E-state index is 16.1. The number of hydrogen-bond acceptors (Lipinski definition) is 13. The number of aromatic amines is 1. The number of H-pyrrole nitrogens is 1. The van der Waals surface area contributed by atoms with Crippen molar-refractivity contribution in [2.45, 2.75) is 96.7 Å². The molecular weight excluding hydrogens is 932 g/mol. The van der Waals surface area contributed by atoms with Gasteiger partial charge in [0.2, 0.25) is 0 Å². The monoisotopic (exact) mass is 1000 g/mol. The fraction of sp³-hybridized carbons (Fsp3) is 0.453. The number of hydrogen-bond donors (Lipinski definition) is 1. The number of aromatic nitrogens is 2. The molecule has 384 valence electrons. The molecule has 4 aromatic carbocycles. The summed E-state index contributed by atoms with van der Waals surface area (Å²) in [6, 6.07) is 30.6. The van der Waals surface area contributed by atoms with Crippen LogP contribution in [0.1, 0.15) is 80.4 Å². The molecule has 6 rings (SSSR count). The Morgan fingerprint density at radius 3 is 1.76 bits per heavy atom. The van der Waals surface area contributed by atoms with Crippen LogP contribution in [0.25, 0.3) is 0 Å². The first kappa shape index (κ1) is 54.7. The Labute approximate surface area is 416 Å². The van der Waals surface area contributed by atoms with E-state index >= 15 is 4.57 Å². The number of carbonyl (C=O) groups excluding carboxylic acids is 1. The summed E-state index contributed by atoms with van der Waals surface area (Å²) < 4.78 is 75.2. The molecule has 0 saturated carbocycles. The van der Waals surface area contributed by atoms with E-state index in [9.17, 15) is 14.4 Å². The second-order valence-electron chi connectivity index (χ2n) is 17.9. The fourth-order valence-electron chi connectivity index (χ4n) is 8.91. The van der Waals surface area contributed by atoms with Crippen molar-refractivity contribution in [3.8, 4) is 17.2 Å². The zero-order valence-electron chi connectivity index (χ0n) is 42.6. The van der Waals surface area contributed by atoms with E-state index in [-0.39, 0.29) is 62.6 Å². The molecule has 71 heavy (non-hydrogen) atoms. The number of nitrogens with zero attached hydrogens (tertiary/aromatic N) is 3. The summed E-state index contributed by atoms with van der Waals surface area (Å²) >= 11 is 0. The van der Waals surface area contributed by atoms with E-state index in [1.54, 1.807) is 62.1 Å². The largest absolute Gasteiger partial charge is 0.497 e. The van der Waals surface area contributed by atoms with Gasteiger partial charge in [-0.05, 0) is 114 Å². The number of nitrogens with one attached hydrogen (secondary N) is 1. The average Bonchev–Trinajstić information content (AvgIpc) is 3.69. The molecule has 2 heterocycles. The summed E-state index contributed by atoms with van der Waals surface area (Å²) in [6.07, 6.45) is -3.43. The fourth-order valence-corrected chi connectivity index (χ4v) is 11.2. The topological polar surface area (TPSA) is 179 Å². The molecule has 0 bridgehead atoms. The SMILES string of the molecule is COCCO[C@@H]1[C@H](OP(=O)(OCCN(C(=O)c2ccc(OC)cc2)C(C)C)N(C(C)C)C(C)C)[C@@H](COC(c2ccccc2)(c2ccc(OC)cc2)c2ccc(OC)cc2)O[C@H]1n1cc(C)c(=O)[nH]c1=O. The number of rotatable bonds is 25. The number of ether oxygens (including phenoxy) is 7. The van der Waals surface area contributed by atoms with E-state index in [1.807, 2.05) is 120 Å². The number of benzene rings is 4. The highest BCUT2D eigenvalue weighted by Gasteiger charge is 2.54. The Morgan fingerprint density at radius 1 is 0.718 bits per heavy atom. The van der Waals surface area contributed by atoms with E-state index in [0.29, 0.717) is 22.8 Å². The van der Waals surface area contributed by atoms with Crippen LogP contribution in [0.2, 0.25) is 0 Å². The third-order valence-corrected chi connectivity index (χ3v) is 14.9. The Bertz CT molecular complexity index is 2590. The van der Waals surface area contributed by atoms with Gasteiger partial charge in [-0.1, -0.05) is 54.6 Å². The number of carbonyl (C=O) groups is 1. The molecule has 1 N–H and O–H groups in total. The quantitative estimate of drug-likeness (QED) is 0.0338. The first-order valence-corrected chi connectivity index (χ1v) is 25.2. The van der Waals surface area contributed by atoms with Gasteiger partial charge in [0.15, 0.2) is 6.23 Å². The molecule has 1 aromatic heterocycles. The molecule has 1 saturated heterocycles. The minimum absolute atomic E-state index is 0.0112. The minimum Gasteiger partial charge on any atom is -0.497 e. The van der Waals surface area contributed by atoms with Crippen molar-refractivity contribution in [2.24, 2.45) is 0 Å². The maximum Gasteiger partial charge on any atom is 0.409 e. The zero-order chi connectivity index (χ0) is 51.5. The number of methoxy groups -OCH3 is 4. The van der Waals surface area contributed by atoms with Crippen molar-refractivity contribution in [2.75, 3.05) is 61.4 Å². The van der Waals surface area contributed by atoms with E-state index in [2.05, 4.69) is 4.98 Å². The van der Waals surface area contributed by atoms with Crippen LogP contribution in [-0.4, -0.2) is 123 Å². The normalized spacial score (nSPS) is 18.0. The van der Waals surface area contributed by atoms with Gasteiger partial charge in [0.1, 0.15) is 41.2 Å². The highest BCUT2D eigenvalue weighted by Crippen LogP contribution is 2.58. The van der Waals surface area contributed by atoms with Gasteiger partial charge in [0.25, 0.3) is 11.5 Å². The van der Waals surface area contributed by atoms with Crippen molar-refractivity contribution in [1.29, 1.82) is 0 Å². The van der Waals surface area contributed by atoms with Gasteiger partial charge in [-0.25, -0.2) is 14.0 Å². The molecule has 1 unspecified atom stereocenters. The first-order valence-electron chi connectivity index (χ1n) is 23.7. The lowest BCUT2D eigenvalue weighted by atomic mass is 9.80. The van der Waals surface area contributed by atoms with Crippen molar-refractivity contribution in [3.05, 3.63) is 158 Å².